The lowest BCUT2D eigenvalue weighted by Crippen LogP contribution is -2.10. The first-order valence-corrected chi connectivity index (χ1v) is 2.75. The molecule has 2 nitrogen and oxygen atoms in total. The van der Waals surface area contributed by atoms with Gasteiger partial charge in [0, 0.05) is 17.8 Å². The highest BCUT2D eigenvalue weighted by molar-refractivity contribution is 5.83. The molecule has 1 rings (SSSR count). The van der Waals surface area contributed by atoms with Crippen molar-refractivity contribution < 1.29 is 0 Å². The van der Waals surface area contributed by atoms with Crippen molar-refractivity contribution in [3.05, 3.63) is 11.8 Å². The van der Waals surface area contributed by atoms with Crippen LogP contribution in [-0.4, -0.2) is 5.71 Å². The van der Waals surface area contributed by atoms with Gasteiger partial charge in [-0.3, -0.25) is 5.43 Å². The van der Waals surface area contributed by atoms with Gasteiger partial charge in [-0.25, -0.2) is 0 Å². The molecule has 1 heterocycles. The second kappa shape index (κ2) is 1.99. The van der Waals surface area contributed by atoms with Crippen molar-refractivity contribution >= 4 is 5.71 Å². The Labute approximate surface area is 49.3 Å². The van der Waals surface area contributed by atoms with Crippen LogP contribution < -0.4 is 5.43 Å². The SMILES string of the molecule is CC1=CCC(C)=NN1. The maximum atomic E-state index is 4.01. The Morgan fingerprint density at radius 2 is 2.38 bits per heavy atom. The van der Waals surface area contributed by atoms with Gasteiger partial charge >= 0.3 is 0 Å². The molecular weight excluding hydrogens is 100 g/mol. The van der Waals surface area contributed by atoms with Gasteiger partial charge in [0.1, 0.15) is 0 Å². The lowest BCUT2D eigenvalue weighted by atomic mass is 10.2. The van der Waals surface area contributed by atoms with Gasteiger partial charge in [0.15, 0.2) is 0 Å². The van der Waals surface area contributed by atoms with E-state index in [9.17, 15) is 0 Å². The van der Waals surface area contributed by atoms with Gasteiger partial charge in [-0.1, -0.05) is 6.08 Å². The van der Waals surface area contributed by atoms with Gasteiger partial charge < -0.3 is 0 Å². The first kappa shape index (κ1) is 5.35. The summed E-state index contributed by atoms with van der Waals surface area (Å²) in [5, 5.41) is 4.01. The first-order chi connectivity index (χ1) is 3.79. The molecule has 0 unspecified atom stereocenters. The Balaban J connectivity index is 2.54. The Hall–Kier alpha value is -0.790. The molecule has 0 aromatic rings. The van der Waals surface area contributed by atoms with Gasteiger partial charge in [0.2, 0.25) is 0 Å². The summed E-state index contributed by atoms with van der Waals surface area (Å²) in [6.07, 6.45) is 3.13. The Bertz CT molecular complexity index is 127. The standard InChI is InChI=1S/C6H10N2/c1-5-3-4-6(2)8-7-5/h3,7H,4H2,1-2H3. The van der Waals surface area contributed by atoms with Crippen LogP contribution in [0.1, 0.15) is 20.3 Å². The van der Waals surface area contributed by atoms with Gasteiger partial charge in [-0.05, 0) is 13.8 Å². The summed E-state index contributed by atoms with van der Waals surface area (Å²) in [5.41, 5.74) is 5.18. The third-order valence-corrected chi connectivity index (χ3v) is 1.13. The van der Waals surface area contributed by atoms with Crippen LogP contribution in [0.4, 0.5) is 0 Å². The fourth-order valence-electron chi connectivity index (χ4n) is 0.576. The van der Waals surface area contributed by atoms with Crippen LogP contribution in [0.2, 0.25) is 0 Å². The molecule has 1 aliphatic heterocycles. The van der Waals surface area contributed by atoms with Crippen LogP contribution in [0.25, 0.3) is 0 Å². The molecule has 0 aromatic carbocycles. The monoisotopic (exact) mass is 110 g/mol. The highest BCUT2D eigenvalue weighted by Crippen LogP contribution is 1.98. The summed E-state index contributed by atoms with van der Waals surface area (Å²) < 4.78 is 0. The molecule has 2 heteroatoms. The van der Waals surface area contributed by atoms with E-state index < -0.39 is 0 Å². The fourth-order valence-corrected chi connectivity index (χ4v) is 0.576. The predicted molar refractivity (Wildman–Crippen MR) is 34.6 cm³/mol. The summed E-state index contributed by atoms with van der Waals surface area (Å²) in [7, 11) is 0. The molecule has 0 saturated heterocycles. The lowest BCUT2D eigenvalue weighted by molar-refractivity contribution is 0.854. The second-order valence-corrected chi connectivity index (χ2v) is 2.05. The molecule has 0 fully saturated rings. The number of rotatable bonds is 0. The average molecular weight is 110 g/mol. The maximum absolute atomic E-state index is 4.01. The van der Waals surface area contributed by atoms with E-state index in [1.54, 1.807) is 0 Å². The minimum absolute atomic E-state index is 0.999. The Morgan fingerprint density at radius 1 is 1.62 bits per heavy atom. The lowest BCUT2D eigenvalue weighted by Gasteiger charge is -2.06. The zero-order valence-corrected chi connectivity index (χ0v) is 5.23. The molecule has 8 heavy (non-hydrogen) atoms. The average Bonchev–Trinajstić information content (AvgIpc) is 1.77. The normalized spacial score (nSPS) is 18.8. The zero-order valence-electron chi connectivity index (χ0n) is 5.23. The molecule has 0 amide bonds. The molecule has 0 aliphatic carbocycles. The third-order valence-electron chi connectivity index (χ3n) is 1.13. The maximum Gasteiger partial charge on any atom is 0.0389 e. The molecule has 0 atom stereocenters. The molecule has 0 aromatic heterocycles. The molecule has 0 saturated carbocycles. The molecule has 0 spiro atoms. The molecule has 1 N–H and O–H groups in total. The minimum Gasteiger partial charge on any atom is -0.283 e. The first-order valence-electron chi connectivity index (χ1n) is 2.75. The summed E-state index contributed by atoms with van der Waals surface area (Å²) in [6, 6.07) is 0. The van der Waals surface area contributed by atoms with E-state index in [-0.39, 0.29) is 0 Å². The number of nitrogens with zero attached hydrogens (tertiary/aromatic N) is 1. The van der Waals surface area contributed by atoms with E-state index in [2.05, 4.69) is 16.6 Å². The van der Waals surface area contributed by atoms with Crippen molar-refractivity contribution in [2.24, 2.45) is 5.10 Å². The van der Waals surface area contributed by atoms with E-state index in [4.69, 9.17) is 0 Å². The van der Waals surface area contributed by atoms with Gasteiger partial charge in [-0.2, -0.15) is 5.10 Å². The largest absolute Gasteiger partial charge is 0.283 e. The summed E-state index contributed by atoms with van der Waals surface area (Å²) in [5.74, 6) is 0. The second-order valence-electron chi connectivity index (χ2n) is 2.05. The van der Waals surface area contributed by atoms with Crippen molar-refractivity contribution in [2.75, 3.05) is 0 Å². The highest BCUT2D eigenvalue weighted by Gasteiger charge is 1.94. The zero-order chi connectivity index (χ0) is 5.98. The number of hydrogen-bond donors (Lipinski definition) is 1. The highest BCUT2D eigenvalue weighted by atomic mass is 15.3. The predicted octanol–water partition coefficient (Wildman–Crippen LogP) is 1.26. The third kappa shape index (κ3) is 1.09. The summed E-state index contributed by atoms with van der Waals surface area (Å²) in [4.78, 5) is 0. The topological polar surface area (TPSA) is 24.4 Å². The van der Waals surface area contributed by atoms with Crippen LogP contribution in [0.5, 0.6) is 0 Å². The molecular formula is C6H10N2. The number of hydrazone groups is 1. The van der Waals surface area contributed by atoms with Crippen molar-refractivity contribution in [2.45, 2.75) is 20.3 Å². The van der Waals surface area contributed by atoms with Crippen LogP contribution in [0.15, 0.2) is 16.9 Å². The van der Waals surface area contributed by atoms with Crippen molar-refractivity contribution in [1.29, 1.82) is 0 Å². The quantitative estimate of drug-likeness (QED) is 0.498. The van der Waals surface area contributed by atoms with Crippen molar-refractivity contribution in [1.82, 2.24) is 5.43 Å². The van der Waals surface area contributed by atoms with E-state index >= 15 is 0 Å². The number of nitrogens with one attached hydrogen (secondary N) is 1. The van der Waals surface area contributed by atoms with Crippen molar-refractivity contribution in [3.63, 3.8) is 0 Å². The Morgan fingerprint density at radius 3 is 2.75 bits per heavy atom. The fraction of sp³-hybridized carbons (Fsp3) is 0.500. The van der Waals surface area contributed by atoms with E-state index in [0.29, 0.717) is 0 Å². The van der Waals surface area contributed by atoms with Crippen molar-refractivity contribution in [3.8, 4) is 0 Å². The van der Waals surface area contributed by atoms with E-state index in [0.717, 1.165) is 17.8 Å². The number of allylic oxidation sites excluding steroid dienone is 2. The van der Waals surface area contributed by atoms with E-state index in [1.165, 1.54) is 0 Å². The Kier molecular flexibility index (Phi) is 1.33. The molecule has 0 bridgehead atoms. The van der Waals surface area contributed by atoms with Gasteiger partial charge in [0.25, 0.3) is 0 Å². The molecule has 0 radical (unpaired) electrons. The smallest absolute Gasteiger partial charge is 0.0389 e. The van der Waals surface area contributed by atoms with Crippen LogP contribution in [-0.2, 0) is 0 Å². The minimum atomic E-state index is 0.999. The number of hydrogen-bond acceptors (Lipinski definition) is 2. The summed E-state index contributed by atoms with van der Waals surface area (Å²) in [6.45, 7) is 4.02. The molecule has 1 aliphatic rings. The van der Waals surface area contributed by atoms with Gasteiger partial charge in [-0.15, -0.1) is 0 Å². The van der Waals surface area contributed by atoms with Gasteiger partial charge in [0.05, 0.1) is 0 Å². The van der Waals surface area contributed by atoms with Crippen LogP contribution in [0, 0.1) is 0 Å². The summed E-state index contributed by atoms with van der Waals surface area (Å²) >= 11 is 0. The van der Waals surface area contributed by atoms with Crippen LogP contribution >= 0.6 is 0 Å². The van der Waals surface area contributed by atoms with Crippen LogP contribution in [0.3, 0.4) is 0 Å². The van der Waals surface area contributed by atoms with E-state index in [1.807, 2.05) is 13.8 Å². The molecule has 44 valence electrons.